The Labute approximate surface area is 136 Å². The van der Waals surface area contributed by atoms with Crippen LogP contribution in [0.15, 0.2) is 22.7 Å². The number of benzene rings is 1. The summed E-state index contributed by atoms with van der Waals surface area (Å²) in [7, 11) is 0. The van der Waals surface area contributed by atoms with Crippen molar-refractivity contribution in [3.05, 3.63) is 33.8 Å². The zero-order valence-electron chi connectivity index (χ0n) is 13.0. The molecule has 0 saturated carbocycles. The van der Waals surface area contributed by atoms with Crippen molar-refractivity contribution in [3.8, 4) is 0 Å². The van der Waals surface area contributed by atoms with E-state index in [1.165, 1.54) is 19.3 Å². The summed E-state index contributed by atoms with van der Waals surface area (Å²) in [5.41, 5.74) is 1.86. The molecule has 1 saturated heterocycles. The van der Waals surface area contributed by atoms with E-state index in [9.17, 15) is 4.79 Å². The van der Waals surface area contributed by atoms with Crippen LogP contribution in [-0.2, 0) is 0 Å². The number of rotatable bonds is 5. The van der Waals surface area contributed by atoms with Crippen molar-refractivity contribution in [2.45, 2.75) is 45.6 Å². The highest BCUT2D eigenvalue weighted by molar-refractivity contribution is 9.10. The summed E-state index contributed by atoms with van der Waals surface area (Å²) in [6.07, 6.45) is 4.69. The maximum atomic E-state index is 12.8. The fourth-order valence-electron chi connectivity index (χ4n) is 2.93. The lowest BCUT2D eigenvalue weighted by molar-refractivity contribution is 0.0731. The highest BCUT2D eigenvalue weighted by atomic mass is 79.9. The van der Waals surface area contributed by atoms with Gasteiger partial charge in [-0.05, 0) is 56.5 Å². The van der Waals surface area contributed by atoms with E-state index in [-0.39, 0.29) is 5.91 Å². The number of nitrogens with zero attached hydrogens (tertiary/aromatic N) is 1. The monoisotopic (exact) mass is 352 g/mol. The Morgan fingerprint density at radius 3 is 2.86 bits per heavy atom. The van der Waals surface area contributed by atoms with Crippen LogP contribution in [0.4, 0.5) is 0 Å². The smallest absolute Gasteiger partial charge is 0.254 e. The Kier molecular flexibility index (Phi) is 6.24. The van der Waals surface area contributed by atoms with Gasteiger partial charge in [-0.25, -0.2) is 0 Å². The quantitative estimate of drug-likeness (QED) is 0.874. The predicted molar refractivity (Wildman–Crippen MR) is 90.7 cm³/mol. The van der Waals surface area contributed by atoms with Gasteiger partial charge in [-0.2, -0.15) is 0 Å². The fraction of sp³-hybridized carbons (Fsp3) is 0.588. The first-order chi connectivity index (χ1) is 10.1. The van der Waals surface area contributed by atoms with Crippen molar-refractivity contribution in [2.24, 2.45) is 0 Å². The third kappa shape index (κ3) is 4.55. The highest BCUT2D eigenvalue weighted by Gasteiger charge is 2.22. The Bertz CT molecular complexity index is 484. The molecule has 1 aliphatic rings. The lowest BCUT2D eigenvalue weighted by atomic mass is 10.0. The second-order valence-corrected chi connectivity index (χ2v) is 6.77. The van der Waals surface area contributed by atoms with E-state index in [0.717, 1.165) is 41.7 Å². The van der Waals surface area contributed by atoms with Crippen molar-refractivity contribution in [2.75, 3.05) is 19.6 Å². The molecule has 2 rings (SSSR count). The molecule has 0 bridgehead atoms. The standard InChI is InChI=1S/C17H25BrN2O/c1-3-10-20(12-15-6-4-5-9-19-15)17(21)16-8-7-14(18)11-13(16)2/h7-8,11,15,19H,3-6,9-10,12H2,1-2H3. The molecule has 0 aliphatic carbocycles. The van der Waals surface area contributed by atoms with E-state index >= 15 is 0 Å². The maximum Gasteiger partial charge on any atom is 0.254 e. The first-order valence-electron chi connectivity index (χ1n) is 7.90. The van der Waals surface area contributed by atoms with Gasteiger partial charge in [0.15, 0.2) is 0 Å². The summed E-state index contributed by atoms with van der Waals surface area (Å²) in [6, 6.07) is 6.34. The number of carbonyl (C=O) groups is 1. The summed E-state index contributed by atoms with van der Waals surface area (Å²) in [4.78, 5) is 14.8. The van der Waals surface area contributed by atoms with Gasteiger partial charge in [0.25, 0.3) is 5.91 Å². The Morgan fingerprint density at radius 1 is 1.43 bits per heavy atom. The minimum Gasteiger partial charge on any atom is -0.337 e. The molecule has 1 N–H and O–H groups in total. The van der Waals surface area contributed by atoms with Gasteiger partial charge in [0.1, 0.15) is 0 Å². The molecule has 1 unspecified atom stereocenters. The second-order valence-electron chi connectivity index (χ2n) is 5.86. The van der Waals surface area contributed by atoms with Crippen molar-refractivity contribution in [3.63, 3.8) is 0 Å². The molecule has 1 aliphatic heterocycles. The zero-order chi connectivity index (χ0) is 15.2. The Hall–Kier alpha value is -0.870. The maximum absolute atomic E-state index is 12.8. The van der Waals surface area contributed by atoms with Gasteiger partial charge < -0.3 is 10.2 Å². The van der Waals surface area contributed by atoms with Gasteiger partial charge in [-0.1, -0.05) is 29.3 Å². The van der Waals surface area contributed by atoms with E-state index in [0.29, 0.717) is 6.04 Å². The lowest BCUT2D eigenvalue weighted by Crippen LogP contribution is -2.46. The topological polar surface area (TPSA) is 32.3 Å². The van der Waals surface area contributed by atoms with Crippen molar-refractivity contribution in [1.29, 1.82) is 0 Å². The van der Waals surface area contributed by atoms with E-state index in [1.54, 1.807) is 0 Å². The average molecular weight is 353 g/mol. The van der Waals surface area contributed by atoms with Crippen molar-refractivity contribution < 1.29 is 4.79 Å². The van der Waals surface area contributed by atoms with Crippen molar-refractivity contribution >= 4 is 21.8 Å². The van der Waals surface area contributed by atoms with Crippen molar-refractivity contribution in [1.82, 2.24) is 10.2 Å². The molecule has 0 spiro atoms. The second kappa shape index (κ2) is 7.95. The molecule has 1 atom stereocenters. The van der Waals surface area contributed by atoms with Gasteiger partial charge in [-0.15, -0.1) is 0 Å². The lowest BCUT2D eigenvalue weighted by Gasteiger charge is -2.31. The number of amides is 1. The number of hydrogen-bond donors (Lipinski definition) is 1. The number of aryl methyl sites for hydroxylation is 1. The third-order valence-corrected chi connectivity index (χ3v) is 4.55. The van der Waals surface area contributed by atoms with Gasteiger partial charge in [0.05, 0.1) is 0 Å². The molecular formula is C17H25BrN2O. The molecular weight excluding hydrogens is 328 g/mol. The summed E-state index contributed by atoms with van der Waals surface area (Å²) in [5.74, 6) is 0.161. The van der Waals surface area contributed by atoms with E-state index < -0.39 is 0 Å². The highest BCUT2D eigenvalue weighted by Crippen LogP contribution is 2.18. The summed E-state index contributed by atoms with van der Waals surface area (Å²) >= 11 is 3.46. The van der Waals surface area contributed by atoms with Crippen LogP contribution < -0.4 is 5.32 Å². The molecule has 1 fully saturated rings. The Morgan fingerprint density at radius 2 is 2.24 bits per heavy atom. The summed E-state index contributed by atoms with van der Waals surface area (Å²) in [5, 5.41) is 3.54. The van der Waals surface area contributed by atoms with E-state index in [4.69, 9.17) is 0 Å². The minimum atomic E-state index is 0.161. The largest absolute Gasteiger partial charge is 0.337 e. The zero-order valence-corrected chi connectivity index (χ0v) is 14.6. The molecule has 0 radical (unpaired) electrons. The van der Waals surface area contributed by atoms with Crippen LogP contribution in [0.5, 0.6) is 0 Å². The van der Waals surface area contributed by atoms with Crippen LogP contribution in [-0.4, -0.2) is 36.5 Å². The number of halogens is 1. The summed E-state index contributed by atoms with van der Waals surface area (Å²) in [6.45, 7) is 6.86. The molecule has 0 aromatic heterocycles. The molecule has 4 heteroatoms. The normalized spacial score (nSPS) is 18.5. The first kappa shape index (κ1) is 16.5. The molecule has 3 nitrogen and oxygen atoms in total. The van der Waals surface area contributed by atoms with Crippen LogP contribution in [0.25, 0.3) is 0 Å². The Balaban J connectivity index is 2.10. The molecule has 1 aromatic rings. The SMILES string of the molecule is CCCN(CC1CCCCN1)C(=O)c1ccc(Br)cc1C. The number of nitrogens with one attached hydrogen (secondary N) is 1. The number of carbonyl (C=O) groups excluding carboxylic acids is 1. The van der Waals surface area contributed by atoms with Crippen LogP contribution in [0.3, 0.4) is 0 Å². The van der Waals surface area contributed by atoms with Crippen LogP contribution >= 0.6 is 15.9 Å². The van der Waals surface area contributed by atoms with E-state index in [1.807, 2.05) is 30.0 Å². The average Bonchev–Trinajstić information content (AvgIpc) is 2.47. The van der Waals surface area contributed by atoms with Crippen LogP contribution in [0.2, 0.25) is 0 Å². The first-order valence-corrected chi connectivity index (χ1v) is 8.70. The molecule has 1 heterocycles. The fourth-order valence-corrected chi connectivity index (χ4v) is 3.40. The minimum absolute atomic E-state index is 0.161. The molecule has 1 aromatic carbocycles. The van der Waals surface area contributed by atoms with Gasteiger partial charge in [0, 0.05) is 29.2 Å². The molecule has 1 amide bonds. The third-order valence-electron chi connectivity index (χ3n) is 4.05. The molecule has 116 valence electrons. The number of piperidine rings is 1. The summed E-state index contributed by atoms with van der Waals surface area (Å²) < 4.78 is 1.02. The van der Waals surface area contributed by atoms with Gasteiger partial charge in [-0.3, -0.25) is 4.79 Å². The van der Waals surface area contributed by atoms with E-state index in [2.05, 4.69) is 28.2 Å². The predicted octanol–water partition coefficient (Wildman–Crippen LogP) is 3.75. The van der Waals surface area contributed by atoms with Gasteiger partial charge in [0.2, 0.25) is 0 Å². The van der Waals surface area contributed by atoms with Crippen LogP contribution in [0, 0.1) is 6.92 Å². The van der Waals surface area contributed by atoms with Gasteiger partial charge >= 0.3 is 0 Å². The molecule has 21 heavy (non-hydrogen) atoms. The van der Waals surface area contributed by atoms with Crippen LogP contribution in [0.1, 0.15) is 48.5 Å². The number of hydrogen-bond acceptors (Lipinski definition) is 2.